The maximum Gasteiger partial charge on any atom is 0.416 e. The second-order valence-electron chi connectivity index (χ2n) is 9.15. The van der Waals surface area contributed by atoms with E-state index in [1.807, 2.05) is 10.8 Å². The van der Waals surface area contributed by atoms with Gasteiger partial charge in [0.1, 0.15) is 34.6 Å². The summed E-state index contributed by atoms with van der Waals surface area (Å²) in [5.41, 5.74) is 4.01. The van der Waals surface area contributed by atoms with Gasteiger partial charge in [-0.3, -0.25) is 4.72 Å². The van der Waals surface area contributed by atoms with Gasteiger partial charge in [0.15, 0.2) is 0 Å². The van der Waals surface area contributed by atoms with E-state index in [1.54, 1.807) is 0 Å². The van der Waals surface area contributed by atoms with Gasteiger partial charge in [-0.25, -0.2) is 18.6 Å². The highest BCUT2D eigenvalue weighted by molar-refractivity contribution is 7.86. The lowest BCUT2D eigenvalue weighted by atomic mass is 10.1. The third-order valence-electron chi connectivity index (χ3n) is 6.61. The summed E-state index contributed by atoms with van der Waals surface area (Å²) in [5, 5.41) is 0.525. The standard InChI is InChI=1S/C25H20F7N5OS/c26-19-7-13(18-11-37(16-3-1-2-4-16)23-21(18)22(33)34-12-35-23)5-6-20(19)36-39(38)17-9-14(24(27,28)29)8-15(10-17)25(30,31)32/h5-12,16,36H,1-4H2,(H2,33,34,35). The summed E-state index contributed by atoms with van der Waals surface area (Å²) < 4.78 is 111. The minimum atomic E-state index is -5.11. The molecule has 2 heterocycles. The molecule has 1 unspecified atom stereocenters. The number of nitrogens with zero attached hydrogens (tertiary/aromatic N) is 3. The van der Waals surface area contributed by atoms with Crippen LogP contribution in [-0.4, -0.2) is 18.7 Å². The Bertz CT molecular complexity index is 1540. The molecule has 2 aromatic carbocycles. The van der Waals surface area contributed by atoms with Gasteiger partial charge in [-0.2, -0.15) is 26.3 Å². The van der Waals surface area contributed by atoms with Crippen molar-refractivity contribution in [3.8, 4) is 11.1 Å². The Morgan fingerprint density at radius 1 is 0.949 bits per heavy atom. The number of fused-ring (bicyclic) bond motifs is 1. The number of rotatable bonds is 5. The van der Waals surface area contributed by atoms with Crippen LogP contribution >= 0.6 is 0 Å². The molecule has 1 aliphatic carbocycles. The van der Waals surface area contributed by atoms with Gasteiger partial charge in [0.05, 0.1) is 27.1 Å². The van der Waals surface area contributed by atoms with Crippen molar-refractivity contribution in [1.82, 2.24) is 14.5 Å². The van der Waals surface area contributed by atoms with Crippen molar-refractivity contribution in [2.75, 3.05) is 10.5 Å². The van der Waals surface area contributed by atoms with E-state index in [2.05, 4.69) is 14.7 Å². The smallest absolute Gasteiger partial charge is 0.383 e. The number of nitrogen functional groups attached to an aromatic ring is 1. The van der Waals surface area contributed by atoms with Crippen molar-refractivity contribution in [2.24, 2.45) is 0 Å². The molecule has 1 saturated carbocycles. The van der Waals surface area contributed by atoms with Crippen molar-refractivity contribution in [2.45, 2.75) is 49.0 Å². The van der Waals surface area contributed by atoms with Crippen molar-refractivity contribution in [1.29, 1.82) is 0 Å². The van der Waals surface area contributed by atoms with E-state index < -0.39 is 45.2 Å². The molecule has 5 rings (SSSR count). The Hall–Kier alpha value is -3.68. The van der Waals surface area contributed by atoms with Gasteiger partial charge in [-0.1, -0.05) is 18.9 Å². The van der Waals surface area contributed by atoms with Gasteiger partial charge in [0.25, 0.3) is 0 Å². The van der Waals surface area contributed by atoms with Crippen LogP contribution in [0, 0.1) is 5.82 Å². The van der Waals surface area contributed by atoms with Gasteiger partial charge in [-0.05, 0) is 48.7 Å². The lowest BCUT2D eigenvalue weighted by Gasteiger charge is -2.15. The second-order valence-corrected chi connectivity index (χ2v) is 10.4. The zero-order valence-electron chi connectivity index (χ0n) is 19.9. The van der Waals surface area contributed by atoms with Crippen molar-refractivity contribution in [3.63, 3.8) is 0 Å². The highest BCUT2D eigenvalue weighted by Gasteiger charge is 2.37. The molecule has 3 N–H and O–H groups in total. The van der Waals surface area contributed by atoms with Gasteiger partial charge in [0.2, 0.25) is 0 Å². The third-order valence-corrected chi connectivity index (χ3v) is 7.68. The third kappa shape index (κ3) is 5.29. The molecule has 0 saturated heterocycles. The van der Waals surface area contributed by atoms with Gasteiger partial charge in [-0.15, -0.1) is 0 Å². The molecule has 4 aromatic rings. The number of anilines is 2. The summed E-state index contributed by atoms with van der Waals surface area (Å²) in [7, 11) is -2.64. The largest absolute Gasteiger partial charge is 0.416 e. The number of nitrogens with two attached hydrogens (primary N) is 1. The predicted molar refractivity (Wildman–Crippen MR) is 131 cm³/mol. The van der Waals surface area contributed by atoms with Crippen molar-refractivity contribution in [3.05, 3.63) is 65.9 Å². The molecule has 1 atom stereocenters. The molecule has 6 nitrogen and oxygen atoms in total. The molecule has 1 aliphatic rings. The lowest BCUT2D eigenvalue weighted by molar-refractivity contribution is -0.143. The summed E-state index contributed by atoms with van der Waals surface area (Å²) in [4.78, 5) is 7.59. The molecule has 0 spiro atoms. The molecule has 0 bridgehead atoms. The fraction of sp³-hybridized carbons (Fsp3) is 0.280. The topological polar surface area (TPSA) is 85.8 Å². The van der Waals surface area contributed by atoms with E-state index in [0.717, 1.165) is 31.7 Å². The average Bonchev–Trinajstić information content (AvgIpc) is 3.53. The quantitative estimate of drug-likeness (QED) is 0.250. The van der Waals surface area contributed by atoms with Crippen LogP contribution in [0.25, 0.3) is 22.2 Å². The van der Waals surface area contributed by atoms with Crippen LogP contribution < -0.4 is 10.5 Å². The molecule has 0 aliphatic heterocycles. The van der Waals surface area contributed by atoms with E-state index in [1.165, 1.54) is 18.5 Å². The van der Waals surface area contributed by atoms with Crippen LogP contribution in [0.3, 0.4) is 0 Å². The predicted octanol–water partition coefficient (Wildman–Crippen LogP) is 7.11. The number of nitrogens with one attached hydrogen (secondary N) is 1. The zero-order valence-corrected chi connectivity index (χ0v) is 20.7. The van der Waals surface area contributed by atoms with Crippen LogP contribution in [-0.2, 0) is 23.3 Å². The molecule has 2 aromatic heterocycles. The number of halogens is 7. The maximum atomic E-state index is 15.1. The molecule has 39 heavy (non-hydrogen) atoms. The van der Waals surface area contributed by atoms with Gasteiger partial charge in [0, 0.05) is 17.8 Å². The SMILES string of the molecule is Nc1ncnc2c1c(-c1ccc(NS(=O)c3cc(C(F)(F)F)cc(C(F)(F)F)c3)c(F)c1)cn2C1CCCC1. The minimum absolute atomic E-state index is 0.0759. The van der Waals surface area contributed by atoms with E-state index in [4.69, 9.17) is 5.73 Å². The maximum absolute atomic E-state index is 15.1. The Labute approximate surface area is 219 Å². The Morgan fingerprint density at radius 3 is 2.18 bits per heavy atom. The Morgan fingerprint density at radius 2 is 1.59 bits per heavy atom. The number of alkyl halides is 6. The molecule has 14 heteroatoms. The Balaban J connectivity index is 1.49. The molecule has 0 amide bonds. The van der Waals surface area contributed by atoms with Gasteiger partial charge >= 0.3 is 12.4 Å². The first kappa shape index (κ1) is 26.9. The highest BCUT2D eigenvalue weighted by Crippen LogP contribution is 2.40. The van der Waals surface area contributed by atoms with Crippen LogP contribution in [0.4, 0.5) is 42.2 Å². The summed E-state index contributed by atoms with van der Waals surface area (Å²) in [6.07, 6.45) is -3.07. The number of hydrogen-bond donors (Lipinski definition) is 2. The molecule has 0 radical (unpaired) electrons. The first-order valence-corrected chi connectivity index (χ1v) is 12.9. The minimum Gasteiger partial charge on any atom is -0.383 e. The Kier molecular flexibility index (Phi) is 6.77. The van der Waals surface area contributed by atoms with Crippen LogP contribution in [0.15, 0.2) is 53.8 Å². The number of benzene rings is 2. The normalized spacial score (nSPS) is 15.7. The molecular weight excluding hydrogens is 551 g/mol. The van der Waals surface area contributed by atoms with Gasteiger partial charge < -0.3 is 10.3 Å². The fourth-order valence-corrected chi connectivity index (χ4v) is 5.70. The van der Waals surface area contributed by atoms with Crippen LogP contribution in [0.5, 0.6) is 0 Å². The monoisotopic (exact) mass is 571 g/mol. The number of aromatic nitrogens is 3. The summed E-state index contributed by atoms with van der Waals surface area (Å²) >= 11 is 0. The number of hydrogen-bond acceptors (Lipinski definition) is 4. The average molecular weight is 572 g/mol. The fourth-order valence-electron chi connectivity index (χ4n) is 4.75. The van der Waals surface area contributed by atoms with Crippen molar-refractivity contribution < 1.29 is 34.9 Å². The first-order chi connectivity index (χ1) is 18.3. The lowest BCUT2D eigenvalue weighted by Crippen LogP contribution is -2.14. The second kappa shape index (κ2) is 9.81. The summed E-state index contributed by atoms with van der Waals surface area (Å²) in [6.45, 7) is 0. The van der Waals surface area contributed by atoms with Crippen LogP contribution in [0.1, 0.15) is 42.9 Å². The zero-order chi connectivity index (χ0) is 28.1. The first-order valence-electron chi connectivity index (χ1n) is 11.7. The van der Waals surface area contributed by atoms with Crippen LogP contribution in [0.2, 0.25) is 0 Å². The summed E-state index contributed by atoms with van der Waals surface area (Å²) in [6, 6.07) is 4.53. The van der Waals surface area contributed by atoms with E-state index in [9.17, 15) is 30.6 Å². The van der Waals surface area contributed by atoms with Crippen molar-refractivity contribution >= 4 is 33.5 Å². The molecule has 206 valence electrons. The van der Waals surface area contributed by atoms with E-state index in [-0.39, 0.29) is 23.6 Å². The molecule has 1 fully saturated rings. The molecular formula is C25H20F7N5OS. The van der Waals surface area contributed by atoms with E-state index in [0.29, 0.717) is 34.3 Å². The highest BCUT2D eigenvalue weighted by atomic mass is 32.2. The van der Waals surface area contributed by atoms with E-state index >= 15 is 4.39 Å². The summed E-state index contributed by atoms with van der Waals surface area (Å²) in [5.74, 6) is -0.735.